The smallest absolute Gasteiger partial charge is 0.410 e. The second kappa shape index (κ2) is 7.35. The number of benzene rings is 1. The summed E-state index contributed by atoms with van der Waals surface area (Å²) in [6.45, 7) is 6.83. The molecule has 1 aromatic rings. The molecule has 0 aromatic heterocycles. The molecule has 126 valence electrons. The largest absolute Gasteiger partial charge is 0.444 e. The number of carbonyl (C=O) groups excluding carboxylic acids is 2. The fourth-order valence-corrected chi connectivity index (χ4v) is 3.04. The maximum atomic E-state index is 12.1. The molecule has 1 aliphatic heterocycles. The minimum atomic E-state index is -0.484. The zero-order valence-electron chi connectivity index (χ0n) is 13.9. The normalized spacial score (nSPS) is 17.7. The maximum Gasteiger partial charge on any atom is 0.410 e. The van der Waals surface area contributed by atoms with Crippen LogP contribution in [0.15, 0.2) is 24.3 Å². The van der Waals surface area contributed by atoms with Crippen LogP contribution in [0.2, 0.25) is 5.02 Å². The number of rotatable bonds is 3. The highest BCUT2D eigenvalue weighted by Gasteiger charge is 2.31. The summed E-state index contributed by atoms with van der Waals surface area (Å²) in [5, 5.41) is 0.665. The van der Waals surface area contributed by atoms with Gasteiger partial charge in [0, 0.05) is 24.0 Å². The van der Waals surface area contributed by atoms with Crippen molar-refractivity contribution < 1.29 is 14.3 Å². The quantitative estimate of drug-likeness (QED) is 0.774. The van der Waals surface area contributed by atoms with E-state index >= 15 is 0 Å². The summed E-state index contributed by atoms with van der Waals surface area (Å²) in [7, 11) is 0. The molecule has 1 atom stereocenters. The molecule has 1 fully saturated rings. The molecule has 0 N–H and O–H groups in total. The first-order chi connectivity index (χ1) is 10.8. The summed E-state index contributed by atoms with van der Waals surface area (Å²) in [5.74, 6) is 0.0976. The van der Waals surface area contributed by atoms with E-state index in [9.17, 15) is 9.59 Å². The van der Waals surface area contributed by atoms with Crippen molar-refractivity contribution in [3.63, 3.8) is 0 Å². The minimum Gasteiger partial charge on any atom is -0.444 e. The average molecular weight is 338 g/mol. The van der Waals surface area contributed by atoms with E-state index in [4.69, 9.17) is 16.3 Å². The van der Waals surface area contributed by atoms with Crippen LogP contribution in [-0.2, 0) is 9.53 Å². The Morgan fingerprint density at radius 2 is 1.83 bits per heavy atom. The van der Waals surface area contributed by atoms with Crippen molar-refractivity contribution in [3.05, 3.63) is 34.9 Å². The van der Waals surface area contributed by atoms with Gasteiger partial charge in [-0.15, -0.1) is 0 Å². The fraction of sp³-hybridized carbons (Fsp3) is 0.556. The third-order valence-electron chi connectivity index (χ3n) is 4.10. The molecule has 4 nitrogen and oxygen atoms in total. The number of hydrogen-bond donors (Lipinski definition) is 0. The summed E-state index contributed by atoms with van der Waals surface area (Å²) in [5.41, 5.74) is 0.503. The monoisotopic (exact) mass is 337 g/mol. The Labute approximate surface area is 142 Å². The van der Waals surface area contributed by atoms with Gasteiger partial charge in [-0.05, 0) is 57.2 Å². The molecule has 23 heavy (non-hydrogen) atoms. The van der Waals surface area contributed by atoms with Gasteiger partial charge in [0.25, 0.3) is 0 Å². The SMILES string of the molecule is CC(C)(C)OC(=O)N1CCC(C(C=O)c2ccc(Cl)cc2)CC1. The van der Waals surface area contributed by atoms with Crippen molar-refractivity contribution in [2.45, 2.75) is 45.1 Å². The predicted octanol–water partition coefficient (Wildman–Crippen LogP) is 4.27. The highest BCUT2D eigenvalue weighted by molar-refractivity contribution is 6.30. The number of amides is 1. The molecular weight excluding hydrogens is 314 g/mol. The molecule has 5 heteroatoms. The predicted molar refractivity (Wildman–Crippen MR) is 90.8 cm³/mol. The number of likely N-dealkylation sites (tertiary alicyclic amines) is 1. The van der Waals surface area contributed by atoms with Gasteiger partial charge in [0.1, 0.15) is 11.9 Å². The van der Waals surface area contributed by atoms with Crippen LogP contribution in [0.5, 0.6) is 0 Å². The van der Waals surface area contributed by atoms with Crippen LogP contribution in [0, 0.1) is 5.92 Å². The van der Waals surface area contributed by atoms with Gasteiger partial charge in [0.2, 0.25) is 0 Å². The highest BCUT2D eigenvalue weighted by atomic mass is 35.5. The van der Waals surface area contributed by atoms with E-state index < -0.39 is 5.60 Å². The number of hydrogen-bond acceptors (Lipinski definition) is 3. The van der Waals surface area contributed by atoms with Crippen LogP contribution < -0.4 is 0 Å². The van der Waals surface area contributed by atoms with Gasteiger partial charge in [-0.3, -0.25) is 0 Å². The molecule has 1 saturated heterocycles. The molecule has 0 saturated carbocycles. The number of nitrogens with zero attached hydrogens (tertiary/aromatic N) is 1. The van der Waals surface area contributed by atoms with E-state index in [1.165, 1.54) is 0 Å². The number of piperidine rings is 1. The first kappa shape index (κ1) is 17.8. The van der Waals surface area contributed by atoms with Gasteiger partial charge in [-0.25, -0.2) is 4.79 Å². The van der Waals surface area contributed by atoms with Crippen LogP contribution in [0.1, 0.15) is 45.1 Å². The Hall–Kier alpha value is -1.55. The van der Waals surface area contributed by atoms with E-state index in [1.807, 2.05) is 45.0 Å². The first-order valence-electron chi connectivity index (χ1n) is 7.99. The number of ether oxygens (including phenoxy) is 1. The van der Waals surface area contributed by atoms with Crippen molar-refractivity contribution in [2.24, 2.45) is 5.92 Å². The van der Waals surface area contributed by atoms with Crippen LogP contribution in [-0.4, -0.2) is 36.0 Å². The van der Waals surface area contributed by atoms with Gasteiger partial charge >= 0.3 is 6.09 Å². The standard InChI is InChI=1S/C18H24ClNO3/c1-18(2,3)23-17(22)20-10-8-14(9-11-20)16(12-21)13-4-6-15(19)7-5-13/h4-7,12,14,16H,8-11H2,1-3H3. The third kappa shape index (κ3) is 4.96. The zero-order chi connectivity index (χ0) is 17.0. The molecule has 0 spiro atoms. The van der Waals surface area contributed by atoms with Crippen molar-refractivity contribution in [1.82, 2.24) is 4.90 Å². The van der Waals surface area contributed by atoms with Gasteiger partial charge in [0.15, 0.2) is 0 Å². The zero-order valence-corrected chi connectivity index (χ0v) is 14.7. The van der Waals surface area contributed by atoms with E-state index in [-0.39, 0.29) is 17.9 Å². The van der Waals surface area contributed by atoms with Gasteiger partial charge in [0.05, 0.1) is 0 Å². The van der Waals surface area contributed by atoms with Crippen LogP contribution >= 0.6 is 11.6 Å². The van der Waals surface area contributed by atoms with Crippen molar-refractivity contribution in [2.75, 3.05) is 13.1 Å². The third-order valence-corrected chi connectivity index (χ3v) is 4.35. The Balaban J connectivity index is 1.96. The summed E-state index contributed by atoms with van der Waals surface area (Å²) in [4.78, 5) is 25.4. The summed E-state index contributed by atoms with van der Waals surface area (Å²) in [6, 6.07) is 7.43. The van der Waals surface area contributed by atoms with E-state index in [0.717, 1.165) is 24.7 Å². The molecule has 1 aromatic carbocycles. The lowest BCUT2D eigenvalue weighted by Crippen LogP contribution is -2.42. The summed E-state index contributed by atoms with van der Waals surface area (Å²) < 4.78 is 5.40. The lowest BCUT2D eigenvalue weighted by atomic mass is 9.81. The Kier molecular flexibility index (Phi) is 5.69. The van der Waals surface area contributed by atoms with Crippen LogP contribution in [0.25, 0.3) is 0 Å². The minimum absolute atomic E-state index is 0.145. The first-order valence-corrected chi connectivity index (χ1v) is 8.36. The van der Waals surface area contributed by atoms with E-state index in [1.54, 1.807) is 4.90 Å². The molecule has 0 aliphatic carbocycles. The fourth-order valence-electron chi connectivity index (χ4n) is 2.91. The van der Waals surface area contributed by atoms with Crippen molar-refractivity contribution in [1.29, 1.82) is 0 Å². The number of aldehydes is 1. The van der Waals surface area contributed by atoms with Crippen molar-refractivity contribution >= 4 is 24.0 Å². The van der Waals surface area contributed by atoms with Crippen molar-refractivity contribution in [3.8, 4) is 0 Å². The van der Waals surface area contributed by atoms with E-state index in [0.29, 0.717) is 18.1 Å². The van der Waals surface area contributed by atoms with Crippen LogP contribution in [0.4, 0.5) is 4.79 Å². The highest BCUT2D eigenvalue weighted by Crippen LogP contribution is 2.32. The Morgan fingerprint density at radius 1 is 1.26 bits per heavy atom. The number of halogens is 1. The van der Waals surface area contributed by atoms with E-state index in [2.05, 4.69) is 0 Å². The molecule has 1 aliphatic rings. The van der Waals surface area contributed by atoms with Crippen LogP contribution in [0.3, 0.4) is 0 Å². The summed E-state index contributed by atoms with van der Waals surface area (Å²) in [6.07, 6.45) is 2.33. The lowest BCUT2D eigenvalue weighted by Gasteiger charge is -2.35. The Bertz CT molecular complexity index is 542. The molecule has 1 amide bonds. The molecule has 1 unspecified atom stereocenters. The second-order valence-electron chi connectivity index (χ2n) is 7.02. The summed E-state index contributed by atoms with van der Waals surface area (Å²) >= 11 is 5.91. The lowest BCUT2D eigenvalue weighted by molar-refractivity contribution is -0.110. The molecular formula is C18H24ClNO3. The molecule has 2 rings (SSSR count). The number of carbonyl (C=O) groups is 2. The topological polar surface area (TPSA) is 46.6 Å². The molecule has 0 bridgehead atoms. The average Bonchev–Trinajstić information content (AvgIpc) is 2.49. The second-order valence-corrected chi connectivity index (χ2v) is 7.45. The Morgan fingerprint density at radius 3 is 2.30 bits per heavy atom. The van der Waals surface area contributed by atoms with Gasteiger partial charge in [-0.2, -0.15) is 0 Å². The molecule has 1 heterocycles. The van der Waals surface area contributed by atoms with Gasteiger partial charge in [-0.1, -0.05) is 23.7 Å². The molecule has 0 radical (unpaired) electrons. The maximum absolute atomic E-state index is 12.1. The van der Waals surface area contributed by atoms with Gasteiger partial charge < -0.3 is 14.4 Å².